The van der Waals surface area contributed by atoms with Crippen LogP contribution in [0.5, 0.6) is 5.75 Å². The molecule has 1 heterocycles. The van der Waals surface area contributed by atoms with Gasteiger partial charge >= 0.3 is 5.97 Å². The lowest BCUT2D eigenvalue weighted by Gasteiger charge is -2.08. The number of ether oxygens (including phenoxy) is 1. The van der Waals surface area contributed by atoms with Crippen LogP contribution in [0.1, 0.15) is 16.1 Å². The second kappa shape index (κ2) is 6.81. The Bertz CT molecular complexity index is 830. The highest BCUT2D eigenvalue weighted by Gasteiger charge is 2.10. The summed E-state index contributed by atoms with van der Waals surface area (Å²) in [5.41, 5.74) is 1.83. The van der Waals surface area contributed by atoms with E-state index in [2.05, 4.69) is 4.98 Å². The Hall–Kier alpha value is -2.37. The van der Waals surface area contributed by atoms with Crippen LogP contribution in [0.25, 0.3) is 10.6 Å². The monoisotopic (exact) mass is 345 g/mol. The number of carbonyl (C=O) groups is 1. The first kappa shape index (κ1) is 15.5. The Morgan fingerprint density at radius 3 is 2.57 bits per heavy atom. The zero-order valence-electron chi connectivity index (χ0n) is 11.9. The standard InChI is InChI=1S/C17H12ClNO3S/c18-14-4-2-1-3-12(14)9-22-13-7-5-11(6-8-13)16-19-15(10-23-16)17(20)21/h1-8,10H,9H2,(H,20,21). The van der Waals surface area contributed by atoms with Gasteiger partial charge in [-0.3, -0.25) is 0 Å². The number of halogens is 1. The second-order valence-electron chi connectivity index (χ2n) is 4.75. The van der Waals surface area contributed by atoms with Crippen LogP contribution >= 0.6 is 22.9 Å². The van der Waals surface area contributed by atoms with E-state index in [1.165, 1.54) is 16.7 Å². The molecule has 2 aromatic carbocycles. The lowest BCUT2D eigenvalue weighted by molar-refractivity contribution is 0.0691. The Morgan fingerprint density at radius 2 is 1.91 bits per heavy atom. The molecule has 1 aromatic heterocycles. The molecule has 0 spiro atoms. The molecule has 0 amide bonds. The summed E-state index contributed by atoms with van der Waals surface area (Å²) in [7, 11) is 0. The van der Waals surface area contributed by atoms with Crippen molar-refractivity contribution in [3.05, 3.63) is 70.2 Å². The Labute approximate surface area is 142 Å². The summed E-state index contributed by atoms with van der Waals surface area (Å²) in [4.78, 5) is 14.9. The quantitative estimate of drug-likeness (QED) is 0.725. The van der Waals surface area contributed by atoms with Crippen molar-refractivity contribution in [3.63, 3.8) is 0 Å². The third kappa shape index (κ3) is 3.70. The SMILES string of the molecule is O=C(O)c1csc(-c2ccc(OCc3ccccc3Cl)cc2)n1. The van der Waals surface area contributed by atoms with E-state index in [1.54, 1.807) is 0 Å². The summed E-state index contributed by atoms with van der Waals surface area (Å²) < 4.78 is 5.71. The minimum atomic E-state index is -1.02. The minimum Gasteiger partial charge on any atom is -0.489 e. The van der Waals surface area contributed by atoms with Crippen molar-refractivity contribution in [1.29, 1.82) is 0 Å². The molecule has 4 nitrogen and oxygen atoms in total. The number of benzene rings is 2. The Balaban J connectivity index is 1.69. The average Bonchev–Trinajstić information content (AvgIpc) is 3.05. The number of carboxylic acid groups (broad SMARTS) is 1. The molecule has 0 bridgehead atoms. The van der Waals surface area contributed by atoms with E-state index in [1.807, 2.05) is 48.5 Å². The van der Waals surface area contributed by atoms with Gasteiger partial charge in [-0.25, -0.2) is 9.78 Å². The van der Waals surface area contributed by atoms with Crippen LogP contribution in [-0.2, 0) is 6.61 Å². The van der Waals surface area contributed by atoms with Crippen molar-refractivity contribution in [2.45, 2.75) is 6.61 Å². The Morgan fingerprint density at radius 1 is 1.17 bits per heavy atom. The fraction of sp³-hybridized carbons (Fsp3) is 0.0588. The summed E-state index contributed by atoms with van der Waals surface area (Å²) in [5.74, 6) is -0.309. The highest BCUT2D eigenvalue weighted by atomic mass is 35.5. The predicted octanol–water partition coefficient (Wildman–Crippen LogP) is 4.74. The summed E-state index contributed by atoms with van der Waals surface area (Å²) in [6.45, 7) is 0.388. The van der Waals surface area contributed by atoms with Crippen LogP contribution in [0.4, 0.5) is 0 Å². The molecule has 0 unspecified atom stereocenters. The first-order chi connectivity index (χ1) is 11.1. The molecule has 0 radical (unpaired) electrons. The lowest BCUT2D eigenvalue weighted by atomic mass is 10.2. The van der Waals surface area contributed by atoms with Crippen LogP contribution in [0.3, 0.4) is 0 Å². The third-order valence-corrected chi connectivity index (χ3v) is 4.44. The number of thiazole rings is 1. The van der Waals surface area contributed by atoms with Crippen LogP contribution in [0, 0.1) is 0 Å². The van der Waals surface area contributed by atoms with Crippen molar-refractivity contribution < 1.29 is 14.6 Å². The summed E-state index contributed by atoms with van der Waals surface area (Å²) in [6.07, 6.45) is 0. The molecule has 23 heavy (non-hydrogen) atoms. The lowest BCUT2D eigenvalue weighted by Crippen LogP contribution is -1.96. The van der Waals surface area contributed by atoms with Crippen LogP contribution in [0.15, 0.2) is 53.9 Å². The van der Waals surface area contributed by atoms with Crippen molar-refractivity contribution in [2.75, 3.05) is 0 Å². The van der Waals surface area contributed by atoms with E-state index in [-0.39, 0.29) is 5.69 Å². The normalized spacial score (nSPS) is 10.5. The number of carboxylic acids is 1. The molecule has 0 atom stereocenters. The van der Waals surface area contributed by atoms with Gasteiger partial charge in [0.05, 0.1) is 0 Å². The predicted molar refractivity (Wildman–Crippen MR) is 90.3 cm³/mol. The number of nitrogens with zero attached hydrogens (tertiary/aromatic N) is 1. The highest BCUT2D eigenvalue weighted by molar-refractivity contribution is 7.13. The molecule has 0 aliphatic carbocycles. The van der Waals surface area contributed by atoms with Gasteiger partial charge in [-0.1, -0.05) is 29.8 Å². The smallest absolute Gasteiger partial charge is 0.355 e. The highest BCUT2D eigenvalue weighted by Crippen LogP contribution is 2.26. The van der Waals surface area contributed by atoms with Gasteiger partial charge in [0.15, 0.2) is 5.69 Å². The molecule has 0 saturated carbocycles. The zero-order valence-corrected chi connectivity index (χ0v) is 13.5. The van der Waals surface area contributed by atoms with E-state index >= 15 is 0 Å². The average molecular weight is 346 g/mol. The van der Waals surface area contributed by atoms with E-state index in [4.69, 9.17) is 21.4 Å². The molecular weight excluding hydrogens is 334 g/mol. The number of hydrogen-bond acceptors (Lipinski definition) is 4. The van der Waals surface area contributed by atoms with E-state index in [9.17, 15) is 4.79 Å². The van der Waals surface area contributed by atoms with Gasteiger partial charge in [-0.15, -0.1) is 11.3 Å². The third-order valence-electron chi connectivity index (χ3n) is 3.18. The van der Waals surface area contributed by atoms with Gasteiger partial charge in [0.1, 0.15) is 17.4 Å². The number of rotatable bonds is 5. The molecule has 3 aromatic rings. The van der Waals surface area contributed by atoms with Gasteiger partial charge in [0, 0.05) is 21.5 Å². The molecule has 6 heteroatoms. The molecule has 3 rings (SSSR count). The van der Waals surface area contributed by atoms with Gasteiger partial charge in [-0.2, -0.15) is 0 Å². The first-order valence-corrected chi connectivity index (χ1v) is 8.05. The fourth-order valence-corrected chi connectivity index (χ4v) is 2.97. The maximum absolute atomic E-state index is 10.9. The van der Waals surface area contributed by atoms with Crippen molar-refractivity contribution in [1.82, 2.24) is 4.98 Å². The minimum absolute atomic E-state index is 0.0593. The van der Waals surface area contributed by atoms with Crippen molar-refractivity contribution in [2.24, 2.45) is 0 Å². The second-order valence-corrected chi connectivity index (χ2v) is 6.01. The van der Waals surface area contributed by atoms with E-state index < -0.39 is 5.97 Å². The summed E-state index contributed by atoms with van der Waals surface area (Å²) >= 11 is 7.39. The van der Waals surface area contributed by atoms with Crippen molar-refractivity contribution in [3.8, 4) is 16.3 Å². The number of aromatic carboxylic acids is 1. The first-order valence-electron chi connectivity index (χ1n) is 6.79. The van der Waals surface area contributed by atoms with Gasteiger partial charge < -0.3 is 9.84 Å². The molecule has 0 saturated heterocycles. The van der Waals surface area contributed by atoms with Gasteiger partial charge in [0.2, 0.25) is 0 Å². The zero-order chi connectivity index (χ0) is 16.2. The van der Waals surface area contributed by atoms with E-state index in [0.29, 0.717) is 22.4 Å². The van der Waals surface area contributed by atoms with Crippen LogP contribution in [-0.4, -0.2) is 16.1 Å². The summed E-state index contributed by atoms with van der Waals surface area (Å²) in [6, 6.07) is 14.9. The molecular formula is C17H12ClNO3S. The van der Waals surface area contributed by atoms with Crippen LogP contribution < -0.4 is 4.74 Å². The molecule has 1 N–H and O–H groups in total. The molecule has 116 valence electrons. The largest absolute Gasteiger partial charge is 0.489 e. The van der Waals surface area contributed by atoms with Gasteiger partial charge in [0.25, 0.3) is 0 Å². The topological polar surface area (TPSA) is 59.4 Å². The van der Waals surface area contributed by atoms with E-state index in [0.717, 1.165) is 11.1 Å². The molecule has 0 aliphatic rings. The molecule has 0 fully saturated rings. The summed E-state index contributed by atoms with van der Waals surface area (Å²) in [5, 5.41) is 11.8. The number of aromatic nitrogens is 1. The maximum atomic E-state index is 10.9. The fourth-order valence-electron chi connectivity index (χ4n) is 1.97. The van der Waals surface area contributed by atoms with Gasteiger partial charge in [-0.05, 0) is 30.3 Å². The maximum Gasteiger partial charge on any atom is 0.355 e. The van der Waals surface area contributed by atoms with Crippen LogP contribution in [0.2, 0.25) is 5.02 Å². The number of hydrogen-bond donors (Lipinski definition) is 1. The Kier molecular flexibility index (Phi) is 4.60. The van der Waals surface area contributed by atoms with Crippen molar-refractivity contribution >= 4 is 28.9 Å². The molecule has 0 aliphatic heterocycles.